The first-order valence-electron chi connectivity index (χ1n) is 8.10. The lowest BCUT2D eigenvalue weighted by molar-refractivity contribution is 0.466. The van der Waals surface area contributed by atoms with Crippen LogP contribution in [0.1, 0.15) is 12.8 Å². The molecule has 0 aromatic heterocycles. The summed E-state index contributed by atoms with van der Waals surface area (Å²) in [6, 6.07) is 12.9. The van der Waals surface area contributed by atoms with Gasteiger partial charge in [0, 0.05) is 36.9 Å². The number of hydrogen-bond donors (Lipinski definition) is 1. The molecule has 5 heteroatoms. The van der Waals surface area contributed by atoms with Crippen LogP contribution in [0, 0.1) is 0 Å². The van der Waals surface area contributed by atoms with Gasteiger partial charge >= 0.3 is 0 Å². The Kier molecular flexibility index (Phi) is 2.93. The van der Waals surface area contributed by atoms with E-state index < -0.39 is 0 Å². The van der Waals surface area contributed by atoms with Crippen LogP contribution >= 0.6 is 11.3 Å². The molecule has 3 aliphatic heterocycles. The van der Waals surface area contributed by atoms with Gasteiger partial charge in [-0.25, -0.2) is 4.98 Å². The average Bonchev–Trinajstić information content (AvgIpc) is 2.90. The lowest BCUT2D eigenvalue weighted by Gasteiger charge is -2.34. The third-order valence-corrected chi connectivity index (χ3v) is 6.01. The summed E-state index contributed by atoms with van der Waals surface area (Å²) in [7, 11) is 0. The molecule has 0 amide bonds. The van der Waals surface area contributed by atoms with E-state index in [9.17, 15) is 4.79 Å². The van der Waals surface area contributed by atoms with Crippen molar-refractivity contribution in [1.82, 2.24) is 10.3 Å². The van der Waals surface area contributed by atoms with Crippen molar-refractivity contribution in [2.45, 2.75) is 24.9 Å². The maximum Gasteiger partial charge on any atom is 0.180 e. The van der Waals surface area contributed by atoms with Gasteiger partial charge in [-0.3, -0.25) is 4.79 Å². The summed E-state index contributed by atoms with van der Waals surface area (Å²) in [5, 5.41) is 3.67. The number of fused-ring (bicyclic) bond motifs is 4. The van der Waals surface area contributed by atoms with Gasteiger partial charge < -0.3 is 10.2 Å². The van der Waals surface area contributed by atoms with Crippen molar-refractivity contribution in [3.8, 4) is 10.6 Å². The Labute approximate surface area is 138 Å². The second kappa shape index (κ2) is 5.01. The second-order valence-corrected chi connectivity index (χ2v) is 7.62. The molecule has 116 valence electrons. The highest BCUT2D eigenvalue weighted by atomic mass is 32.1. The molecule has 0 radical (unpaired) electrons. The Morgan fingerprint density at radius 2 is 1.91 bits per heavy atom. The molecule has 2 atom stereocenters. The number of piperazine rings is 1. The van der Waals surface area contributed by atoms with Crippen LogP contribution < -0.4 is 15.6 Å². The second-order valence-electron chi connectivity index (χ2n) is 6.54. The molecule has 1 aromatic rings. The molecule has 2 bridgehead atoms. The zero-order valence-electron chi connectivity index (χ0n) is 12.7. The fourth-order valence-corrected chi connectivity index (χ4v) is 4.83. The van der Waals surface area contributed by atoms with Gasteiger partial charge in [-0.15, -0.1) is 11.3 Å². The molecule has 4 aliphatic rings. The van der Waals surface area contributed by atoms with Crippen LogP contribution in [0.4, 0.5) is 5.69 Å². The summed E-state index contributed by atoms with van der Waals surface area (Å²) < 4.78 is 1.14. The first-order chi connectivity index (χ1) is 11.2. The highest BCUT2D eigenvalue weighted by Gasteiger charge is 2.32. The molecule has 2 fully saturated rings. The number of benzene rings is 2. The normalized spacial score (nSPS) is 23.7. The van der Waals surface area contributed by atoms with E-state index in [0.29, 0.717) is 12.1 Å². The van der Waals surface area contributed by atoms with Gasteiger partial charge in [0.1, 0.15) is 0 Å². The third kappa shape index (κ3) is 2.31. The van der Waals surface area contributed by atoms with Crippen LogP contribution in [-0.2, 0) is 0 Å². The fraction of sp³-hybridized carbons (Fsp3) is 0.333. The SMILES string of the molecule is O=c1ccc2nc3ccc(N4CC5CCC(C4)N5)cc3sc-2c1. The van der Waals surface area contributed by atoms with E-state index in [2.05, 4.69) is 33.4 Å². The predicted octanol–water partition coefficient (Wildman–Crippen LogP) is 2.70. The Morgan fingerprint density at radius 3 is 2.74 bits per heavy atom. The maximum atomic E-state index is 11.6. The smallest absolute Gasteiger partial charge is 0.180 e. The van der Waals surface area contributed by atoms with Crippen LogP contribution in [0.25, 0.3) is 20.8 Å². The van der Waals surface area contributed by atoms with Crippen LogP contribution in [0.3, 0.4) is 0 Å². The van der Waals surface area contributed by atoms with E-state index in [1.54, 1.807) is 23.5 Å². The van der Waals surface area contributed by atoms with Gasteiger partial charge in [0.25, 0.3) is 0 Å². The van der Waals surface area contributed by atoms with Gasteiger partial charge in [-0.05, 0) is 43.2 Å². The molecule has 1 aliphatic carbocycles. The molecule has 4 nitrogen and oxygen atoms in total. The van der Waals surface area contributed by atoms with E-state index in [1.807, 2.05) is 6.07 Å². The largest absolute Gasteiger partial charge is 0.368 e. The summed E-state index contributed by atoms with van der Waals surface area (Å²) in [5.74, 6) is 0. The topological polar surface area (TPSA) is 45.2 Å². The van der Waals surface area contributed by atoms with Crippen molar-refractivity contribution in [2.24, 2.45) is 0 Å². The highest BCUT2D eigenvalue weighted by Crippen LogP contribution is 2.33. The van der Waals surface area contributed by atoms with Gasteiger partial charge in [0.15, 0.2) is 5.43 Å². The molecule has 23 heavy (non-hydrogen) atoms. The number of nitrogens with zero attached hydrogens (tertiary/aromatic N) is 2. The van der Waals surface area contributed by atoms with Crippen LogP contribution in [0.2, 0.25) is 0 Å². The lowest BCUT2D eigenvalue weighted by atomic mass is 10.2. The minimum atomic E-state index is 0.0461. The minimum absolute atomic E-state index is 0.0461. The monoisotopic (exact) mass is 323 g/mol. The van der Waals surface area contributed by atoms with Gasteiger partial charge in [0.2, 0.25) is 0 Å². The number of aromatic nitrogens is 1. The van der Waals surface area contributed by atoms with Crippen molar-refractivity contribution >= 4 is 27.2 Å². The van der Waals surface area contributed by atoms with Crippen molar-refractivity contribution in [3.63, 3.8) is 0 Å². The summed E-state index contributed by atoms with van der Waals surface area (Å²) in [6.45, 7) is 2.16. The van der Waals surface area contributed by atoms with Gasteiger partial charge in [0.05, 0.1) is 20.8 Å². The van der Waals surface area contributed by atoms with Crippen LogP contribution in [0.5, 0.6) is 0 Å². The van der Waals surface area contributed by atoms with Crippen molar-refractivity contribution in [1.29, 1.82) is 0 Å². The molecule has 3 heterocycles. The predicted molar refractivity (Wildman–Crippen MR) is 94.7 cm³/mol. The van der Waals surface area contributed by atoms with Crippen LogP contribution in [0.15, 0.2) is 41.2 Å². The number of anilines is 1. The van der Waals surface area contributed by atoms with Gasteiger partial charge in [-0.2, -0.15) is 0 Å². The fourth-order valence-electron chi connectivity index (χ4n) is 3.80. The zero-order chi connectivity index (χ0) is 15.4. The Bertz CT molecular complexity index is 910. The Morgan fingerprint density at radius 1 is 1.09 bits per heavy atom. The van der Waals surface area contributed by atoms with E-state index in [4.69, 9.17) is 0 Å². The van der Waals surface area contributed by atoms with Crippen LogP contribution in [-0.4, -0.2) is 30.2 Å². The van der Waals surface area contributed by atoms with Crippen molar-refractivity contribution < 1.29 is 0 Å². The Balaban J connectivity index is 1.60. The first kappa shape index (κ1) is 13.5. The number of nitrogens with one attached hydrogen (secondary N) is 1. The Hall–Kier alpha value is -1.98. The molecular weight excluding hydrogens is 306 g/mol. The summed E-state index contributed by atoms with van der Waals surface area (Å²) >= 11 is 1.66. The molecule has 2 unspecified atom stereocenters. The summed E-state index contributed by atoms with van der Waals surface area (Å²) in [5.41, 5.74) is 3.22. The standard InChI is InChI=1S/C18H17N3OS/c22-14-4-6-16-18(8-14)23-17-7-13(3-5-15(17)20-16)21-9-11-1-2-12(10-21)19-11/h3-8,11-12,19H,1-2,9-10H2. The first-order valence-corrected chi connectivity index (χ1v) is 8.92. The van der Waals surface area contributed by atoms with E-state index in [0.717, 1.165) is 33.9 Å². The van der Waals surface area contributed by atoms with E-state index in [-0.39, 0.29) is 5.43 Å². The van der Waals surface area contributed by atoms with Crippen molar-refractivity contribution in [2.75, 3.05) is 18.0 Å². The molecule has 1 aromatic carbocycles. The molecule has 1 N–H and O–H groups in total. The summed E-state index contributed by atoms with van der Waals surface area (Å²) in [6.07, 6.45) is 2.58. The van der Waals surface area contributed by atoms with Crippen molar-refractivity contribution in [3.05, 3.63) is 46.6 Å². The molecule has 0 spiro atoms. The summed E-state index contributed by atoms with van der Waals surface area (Å²) in [4.78, 5) is 19.7. The van der Waals surface area contributed by atoms with E-state index >= 15 is 0 Å². The minimum Gasteiger partial charge on any atom is -0.368 e. The third-order valence-electron chi connectivity index (χ3n) is 4.92. The number of hydrogen-bond acceptors (Lipinski definition) is 5. The lowest BCUT2D eigenvalue weighted by Crippen LogP contribution is -2.51. The average molecular weight is 323 g/mol. The van der Waals surface area contributed by atoms with E-state index in [1.165, 1.54) is 18.5 Å². The van der Waals surface area contributed by atoms with Gasteiger partial charge in [-0.1, -0.05) is 0 Å². The molecule has 5 rings (SSSR count). The molecule has 0 saturated carbocycles. The quantitative estimate of drug-likeness (QED) is 0.700. The zero-order valence-corrected chi connectivity index (χ0v) is 13.5. The molecule has 2 saturated heterocycles. The highest BCUT2D eigenvalue weighted by molar-refractivity contribution is 7.21. The maximum absolute atomic E-state index is 11.6. The molecular formula is C18H17N3OS. The number of rotatable bonds is 1.